The molecule has 0 aliphatic carbocycles. The second-order valence-electron chi connectivity index (χ2n) is 4.64. The summed E-state index contributed by atoms with van der Waals surface area (Å²) in [6, 6.07) is 1.97. The Balaban J connectivity index is 1.85. The quantitative estimate of drug-likeness (QED) is 0.903. The molecule has 0 radical (unpaired) electrons. The first-order valence-corrected chi connectivity index (χ1v) is 7.07. The minimum Gasteiger partial charge on any atom is -0.335 e. The van der Waals surface area contributed by atoms with Crippen LogP contribution in [0, 0.1) is 6.92 Å². The van der Waals surface area contributed by atoms with Crippen molar-refractivity contribution in [2.24, 2.45) is 7.05 Å². The maximum absolute atomic E-state index is 11.9. The van der Waals surface area contributed by atoms with Gasteiger partial charge in [-0.1, -0.05) is 0 Å². The molecule has 6 heteroatoms. The number of nitrogens with one attached hydrogen (secondary N) is 2. The summed E-state index contributed by atoms with van der Waals surface area (Å²) >= 11 is 1.67. The molecule has 2 amide bonds. The highest BCUT2D eigenvalue weighted by atomic mass is 32.1. The SMILES string of the molecule is Cc1nn(C)cc1NC(=O)N[C@@H](C)Cc1ccsc1. The Hall–Kier alpha value is -1.82. The number of hydrogen-bond donors (Lipinski definition) is 2. The molecule has 0 saturated carbocycles. The molecule has 0 aliphatic heterocycles. The highest BCUT2D eigenvalue weighted by molar-refractivity contribution is 7.07. The van der Waals surface area contributed by atoms with E-state index in [9.17, 15) is 4.79 Å². The van der Waals surface area contributed by atoms with Crippen LogP contribution in [-0.4, -0.2) is 21.9 Å². The molecule has 0 bridgehead atoms. The first-order valence-electron chi connectivity index (χ1n) is 6.13. The first-order chi connectivity index (χ1) is 9.04. The second-order valence-corrected chi connectivity index (χ2v) is 5.42. The summed E-state index contributed by atoms with van der Waals surface area (Å²) < 4.78 is 1.68. The van der Waals surface area contributed by atoms with Crippen molar-refractivity contribution in [2.75, 3.05) is 5.32 Å². The molecule has 0 unspecified atom stereocenters. The van der Waals surface area contributed by atoms with Crippen molar-refractivity contribution < 1.29 is 4.79 Å². The number of rotatable bonds is 4. The van der Waals surface area contributed by atoms with Gasteiger partial charge in [0.1, 0.15) is 0 Å². The maximum Gasteiger partial charge on any atom is 0.319 e. The van der Waals surface area contributed by atoms with E-state index in [4.69, 9.17) is 0 Å². The largest absolute Gasteiger partial charge is 0.335 e. The number of hydrogen-bond acceptors (Lipinski definition) is 3. The molecule has 2 heterocycles. The smallest absolute Gasteiger partial charge is 0.319 e. The lowest BCUT2D eigenvalue weighted by Crippen LogP contribution is -2.37. The molecule has 2 rings (SSSR count). The molecule has 2 aromatic rings. The van der Waals surface area contributed by atoms with E-state index < -0.39 is 0 Å². The van der Waals surface area contributed by atoms with Gasteiger partial charge in [-0.15, -0.1) is 0 Å². The molecular formula is C13H18N4OS. The predicted molar refractivity (Wildman–Crippen MR) is 77.6 cm³/mol. The van der Waals surface area contributed by atoms with Crippen LogP contribution in [0.15, 0.2) is 23.0 Å². The average Bonchev–Trinajstić information content (AvgIpc) is 2.89. The Morgan fingerprint density at radius 2 is 2.37 bits per heavy atom. The average molecular weight is 278 g/mol. The van der Waals surface area contributed by atoms with E-state index in [1.807, 2.05) is 26.3 Å². The van der Waals surface area contributed by atoms with E-state index in [0.717, 1.165) is 17.8 Å². The summed E-state index contributed by atoms with van der Waals surface area (Å²) in [5, 5.41) is 14.1. The van der Waals surface area contributed by atoms with Crippen molar-refractivity contribution >= 4 is 23.1 Å². The molecule has 5 nitrogen and oxygen atoms in total. The Morgan fingerprint density at radius 3 is 2.95 bits per heavy atom. The van der Waals surface area contributed by atoms with Crippen LogP contribution in [0.1, 0.15) is 18.2 Å². The molecule has 0 spiro atoms. The van der Waals surface area contributed by atoms with Crippen molar-refractivity contribution in [3.05, 3.63) is 34.3 Å². The fourth-order valence-electron chi connectivity index (χ4n) is 1.92. The van der Waals surface area contributed by atoms with Crippen molar-refractivity contribution in [1.82, 2.24) is 15.1 Å². The molecule has 0 saturated heterocycles. The van der Waals surface area contributed by atoms with Crippen LogP contribution in [0.3, 0.4) is 0 Å². The zero-order valence-electron chi connectivity index (χ0n) is 11.3. The van der Waals surface area contributed by atoms with Gasteiger partial charge in [-0.25, -0.2) is 4.79 Å². The zero-order valence-corrected chi connectivity index (χ0v) is 12.1. The predicted octanol–water partition coefficient (Wildman–Crippen LogP) is 2.54. The number of thiophene rings is 1. The van der Waals surface area contributed by atoms with Gasteiger partial charge in [0.25, 0.3) is 0 Å². The Morgan fingerprint density at radius 1 is 1.58 bits per heavy atom. The molecule has 102 valence electrons. The molecule has 1 atom stereocenters. The maximum atomic E-state index is 11.9. The monoisotopic (exact) mass is 278 g/mol. The summed E-state index contributed by atoms with van der Waals surface area (Å²) in [5.74, 6) is 0. The minimum atomic E-state index is -0.196. The number of anilines is 1. The van der Waals surface area contributed by atoms with E-state index >= 15 is 0 Å². The number of carbonyl (C=O) groups excluding carboxylic acids is 1. The highest BCUT2D eigenvalue weighted by Gasteiger charge is 2.11. The molecule has 2 aromatic heterocycles. The summed E-state index contributed by atoms with van der Waals surface area (Å²) in [7, 11) is 1.83. The van der Waals surface area contributed by atoms with E-state index in [1.54, 1.807) is 22.2 Å². The molecule has 2 N–H and O–H groups in total. The van der Waals surface area contributed by atoms with Gasteiger partial charge < -0.3 is 10.6 Å². The zero-order chi connectivity index (χ0) is 13.8. The van der Waals surface area contributed by atoms with Gasteiger partial charge in [0.05, 0.1) is 11.4 Å². The van der Waals surface area contributed by atoms with Gasteiger partial charge in [-0.05, 0) is 42.7 Å². The summed E-state index contributed by atoms with van der Waals surface area (Å²) in [4.78, 5) is 11.9. The third-order valence-electron chi connectivity index (χ3n) is 2.76. The fourth-order valence-corrected chi connectivity index (χ4v) is 2.60. The Kier molecular flexibility index (Phi) is 4.21. The van der Waals surface area contributed by atoms with Gasteiger partial charge >= 0.3 is 6.03 Å². The number of amides is 2. The molecule has 19 heavy (non-hydrogen) atoms. The van der Waals surface area contributed by atoms with Crippen LogP contribution in [0.5, 0.6) is 0 Å². The lowest BCUT2D eigenvalue weighted by Gasteiger charge is -2.13. The number of aromatic nitrogens is 2. The van der Waals surface area contributed by atoms with Crippen LogP contribution >= 0.6 is 11.3 Å². The molecular weight excluding hydrogens is 260 g/mol. The van der Waals surface area contributed by atoms with Crippen molar-refractivity contribution in [3.63, 3.8) is 0 Å². The van der Waals surface area contributed by atoms with E-state index in [2.05, 4.69) is 27.2 Å². The van der Waals surface area contributed by atoms with Gasteiger partial charge in [-0.3, -0.25) is 4.68 Å². The fraction of sp³-hybridized carbons (Fsp3) is 0.385. The van der Waals surface area contributed by atoms with E-state index in [0.29, 0.717) is 0 Å². The van der Waals surface area contributed by atoms with Crippen molar-refractivity contribution in [1.29, 1.82) is 0 Å². The lowest BCUT2D eigenvalue weighted by atomic mass is 10.1. The Labute approximate surface area is 116 Å². The van der Waals surface area contributed by atoms with Crippen molar-refractivity contribution in [3.8, 4) is 0 Å². The van der Waals surface area contributed by atoms with Crippen LogP contribution in [0.25, 0.3) is 0 Å². The third-order valence-corrected chi connectivity index (χ3v) is 3.49. The summed E-state index contributed by atoms with van der Waals surface area (Å²) in [6.45, 7) is 3.86. The number of urea groups is 1. The minimum absolute atomic E-state index is 0.0894. The van der Waals surface area contributed by atoms with Gasteiger partial charge in [-0.2, -0.15) is 16.4 Å². The number of carbonyl (C=O) groups is 1. The number of aryl methyl sites for hydroxylation is 2. The second kappa shape index (κ2) is 5.88. The van der Waals surface area contributed by atoms with Crippen molar-refractivity contribution in [2.45, 2.75) is 26.3 Å². The lowest BCUT2D eigenvalue weighted by molar-refractivity contribution is 0.249. The van der Waals surface area contributed by atoms with Crippen LogP contribution in [0.2, 0.25) is 0 Å². The highest BCUT2D eigenvalue weighted by Crippen LogP contribution is 2.11. The van der Waals surface area contributed by atoms with Gasteiger partial charge in [0.2, 0.25) is 0 Å². The van der Waals surface area contributed by atoms with E-state index in [1.165, 1.54) is 5.56 Å². The first kappa shape index (κ1) is 13.6. The third kappa shape index (κ3) is 3.82. The molecule has 0 aromatic carbocycles. The van der Waals surface area contributed by atoms with Gasteiger partial charge in [0, 0.05) is 19.3 Å². The van der Waals surface area contributed by atoms with Gasteiger partial charge in [0.15, 0.2) is 0 Å². The Bertz CT molecular complexity index is 547. The summed E-state index contributed by atoms with van der Waals surface area (Å²) in [6.07, 6.45) is 2.63. The van der Waals surface area contributed by atoms with Crippen LogP contribution < -0.4 is 10.6 Å². The number of nitrogens with zero attached hydrogens (tertiary/aromatic N) is 2. The normalized spacial score (nSPS) is 12.2. The molecule has 0 fully saturated rings. The topological polar surface area (TPSA) is 59.0 Å². The van der Waals surface area contributed by atoms with Crippen LogP contribution in [0.4, 0.5) is 10.5 Å². The standard InChI is InChI=1S/C13H18N4OS/c1-9(6-11-4-5-19-8-11)14-13(18)15-12-7-17(3)16-10(12)2/h4-5,7-9H,6H2,1-3H3,(H2,14,15,18)/t9-/m0/s1. The van der Waals surface area contributed by atoms with Crippen LogP contribution in [-0.2, 0) is 13.5 Å². The molecule has 0 aliphatic rings. The van der Waals surface area contributed by atoms with E-state index in [-0.39, 0.29) is 12.1 Å². The summed E-state index contributed by atoms with van der Waals surface area (Å²) in [5.41, 5.74) is 2.79.